The molecule has 1 aliphatic rings. The van der Waals surface area contributed by atoms with E-state index in [1.807, 2.05) is 47.7 Å². The Hall–Kier alpha value is -8.19. The highest BCUT2D eigenvalue weighted by Gasteiger charge is 2.35. The molecule has 0 unspecified atom stereocenters. The Kier molecular flexibility index (Phi) is 7.84. The van der Waals surface area contributed by atoms with Crippen molar-refractivity contribution in [3.8, 4) is 67.5 Å². The van der Waals surface area contributed by atoms with Crippen molar-refractivity contribution in [3.63, 3.8) is 0 Å². The van der Waals surface area contributed by atoms with Gasteiger partial charge in [-0.3, -0.25) is 0 Å². The molecule has 14 rings (SSSR count). The van der Waals surface area contributed by atoms with E-state index in [1.54, 1.807) is 0 Å². The fourth-order valence-corrected chi connectivity index (χ4v) is 11.7. The van der Waals surface area contributed by atoms with E-state index in [4.69, 9.17) is 23.8 Å². The van der Waals surface area contributed by atoms with Crippen molar-refractivity contribution in [3.05, 3.63) is 199 Å². The lowest BCUT2D eigenvalue weighted by Gasteiger charge is -2.21. The molecule has 0 bridgehead atoms. The number of aromatic nitrogens is 3. The summed E-state index contributed by atoms with van der Waals surface area (Å²) in [5.74, 6) is 1.82. The molecule has 0 amide bonds. The summed E-state index contributed by atoms with van der Waals surface area (Å²) in [5, 5.41) is 6.66. The van der Waals surface area contributed by atoms with Gasteiger partial charge in [0.1, 0.15) is 22.3 Å². The number of nitrogens with zero attached hydrogens (tertiary/aromatic N) is 3. The van der Waals surface area contributed by atoms with E-state index in [2.05, 4.69) is 166 Å². The van der Waals surface area contributed by atoms with Crippen molar-refractivity contribution in [1.29, 1.82) is 0 Å². The van der Waals surface area contributed by atoms with Crippen molar-refractivity contribution in [2.75, 3.05) is 0 Å². The zero-order valence-corrected chi connectivity index (χ0v) is 36.8. The standard InChI is InChI=1S/C60H37N3O2S/c1-60(2)46-19-9-6-15-39(46)40-26-24-37(32-47(40)60)58-61-57(34-13-4-3-5-14-34)62-59(63-58)44-18-12-21-50-55(44)45-31-36(25-29-49(45)65-50)54-38(28-30-51-56(54)43-17-7-10-20-48(43)64-51)35-23-27-42-41-16-8-11-22-52(41)66-53(42)33-35/h3-33H,1-2H3. The van der Waals surface area contributed by atoms with Crippen molar-refractivity contribution >= 4 is 75.4 Å². The third-order valence-corrected chi connectivity index (χ3v) is 14.9. The Balaban J connectivity index is 0.985. The van der Waals surface area contributed by atoms with Gasteiger partial charge in [0.15, 0.2) is 17.5 Å². The molecule has 0 saturated carbocycles. The average Bonchev–Trinajstić information content (AvgIpc) is 4.11. The van der Waals surface area contributed by atoms with Gasteiger partial charge in [-0.25, -0.2) is 15.0 Å². The molecule has 66 heavy (non-hydrogen) atoms. The summed E-state index contributed by atoms with van der Waals surface area (Å²) in [6.45, 7) is 4.61. The van der Waals surface area contributed by atoms with Crippen LogP contribution in [0.2, 0.25) is 0 Å². The van der Waals surface area contributed by atoms with Crippen LogP contribution in [0, 0.1) is 0 Å². The summed E-state index contributed by atoms with van der Waals surface area (Å²) in [7, 11) is 0. The monoisotopic (exact) mass is 863 g/mol. The molecule has 0 fully saturated rings. The van der Waals surface area contributed by atoms with Gasteiger partial charge in [-0.2, -0.15) is 0 Å². The van der Waals surface area contributed by atoms with Gasteiger partial charge < -0.3 is 8.83 Å². The smallest absolute Gasteiger partial charge is 0.164 e. The first kappa shape index (κ1) is 37.2. The first-order valence-corrected chi connectivity index (χ1v) is 23.1. The fourth-order valence-electron chi connectivity index (χ4n) is 10.6. The second kappa shape index (κ2) is 13.9. The molecule has 4 heterocycles. The van der Waals surface area contributed by atoms with Gasteiger partial charge in [0.05, 0.1) is 0 Å². The molecule has 0 atom stereocenters. The van der Waals surface area contributed by atoms with Crippen molar-refractivity contribution in [2.45, 2.75) is 19.3 Å². The zero-order valence-electron chi connectivity index (χ0n) is 36.0. The second-order valence-corrected chi connectivity index (χ2v) is 18.9. The van der Waals surface area contributed by atoms with Crippen LogP contribution in [0.25, 0.3) is 132 Å². The summed E-state index contributed by atoms with van der Waals surface area (Å²) in [6.07, 6.45) is 0. The third-order valence-electron chi connectivity index (χ3n) is 13.8. The summed E-state index contributed by atoms with van der Waals surface area (Å²) in [6, 6.07) is 66.5. The number of para-hydroxylation sites is 1. The Morgan fingerprint density at radius 2 is 0.985 bits per heavy atom. The van der Waals surface area contributed by atoms with E-state index >= 15 is 0 Å². The predicted octanol–water partition coefficient (Wildman–Crippen LogP) is 16.7. The van der Waals surface area contributed by atoms with E-state index in [-0.39, 0.29) is 5.41 Å². The minimum Gasteiger partial charge on any atom is -0.456 e. The maximum Gasteiger partial charge on any atom is 0.164 e. The molecule has 9 aromatic carbocycles. The second-order valence-electron chi connectivity index (χ2n) is 17.9. The summed E-state index contributed by atoms with van der Waals surface area (Å²) in [5.41, 5.74) is 15.4. The van der Waals surface area contributed by atoms with Gasteiger partial charge in [-0.05, 0) is 87.5 Å². The predicted molar refractivity (Wildman–Crippen MR) is 272 cm³/mol. The van der Waals surface area contributed by atoms with Crippen LogP contribution in [0.1, 0.15) is 25.0 Å². The molecule has 4 aromatic heterocycles. The minimum atomic E-state index is -0.169. The number of fused-ring (bicyclic) bond motifs is 12. The van der Waals surface area contributed by atoms with Crippen LogP contribution in [0.5, 0.6) is 0 Å². The van der Waals surface area contributed by atoms with Crippen LogP contribution in [0.15, 0.2) is 197 Å². The lowest BCUT2D eigenvalue weighted by Crippen LogP contribution is -2.15. The number of rotatable bonds is 5. The van der Waals surface area contributed by atoms with Crippen LogP contribution in [0.4, 0.5) is 0 Å². The van der Waals surface area contributed by atoms with Crippen molar-refractivity contribution in [1.82, 2.24) is 15.0 Å². The molecule has 0 spiro atoms. The van der Waals surface area contributed by atoms with Crippen LogP contribution in [0.3, 0.4) is 0 Å². The van der Waals surface area contributed by atoms with Crippen molar-refractivity contribution in [2.24, 2.45) is 0 Å². The summed E-state index contributed by atoms with van der Waals surface area (Å²) >= 11 is 1.84. The van der Waals surface area contributed by atoms with E-state index in [1.165, 1.54) is 42.4 Å². The first-order valence-electron chi connectivity index (χ1n) is 22.3. The summed E-state index contributed by atoms with van der Waals surface area (Å²) < 4.78 is 15.8. The van der Waals surface area contributed by atoms with Gasteiger partial charge in [0.25, 0.3) is 0 Å². The SMILES string of the molecule is CC1(C)c2ccccc2-c2ccc(-c3nc(-c4ccccc4)nc(-c4cccc5oc6ccc(-c7c(-c8ccc9c(c8)sc8ccccc89)ccc8oc9ccccc9c78)cc6c45)n3)cc21. The number of hydrogen-bond donors (Lipinski definition) is 0. The Bertz CT molecular complexity index is 4160. The molecule has 0 N–H and O–H groups in total. The lowest BCUT2D eigenvalue weighted by molar-refractivity contribution is 0.660. The number of thiophene rings is 1. The van der Waals surface area contributed by atoms with E-state index in [9.17, 15) is 0 Å². The molecule has 0 saturated heterocycles. The molecule has 13 aromatic rings. The molecular formula is C60H37N3O2S. The van der Waals surface area contributed by atoms with Gasteiger partial charge in [-0.15, -0.1) is 11.3 Å². The number of benzene rings is 9. The highest BCUT2D eigenvalue weighted by atomic mass is 32.1. The van der Waals surface area contributed by atoms with E-state index in [0.717, 1.165) is 82.8 Å². The zero-order chi connectivity index (χ0) is 43.7. The van der Waals surface area contributed by atoms with E-state index < -0.39 is 0 Å². The molecule has 0 radical (unpaired) electrons. The van der Waals surface area contributed by atoms with Crippen LogP contribution in [-0.2, 0) is 5.41 Å². The Morgan fingerprint density at radius 1 is 0.364 bits per heavy atom. The normalized spacial score (nSPS) is 13.1. The fraction of sp³-hybridized carbons (Fsp3) is 0.0500. The first-order chi connectivity index (χ1) is 32.4. The van der Waals surface area contributed by atoms with Crippen LogP contribution >= 0.6 is 11.3 Å². The van der Waals surface area contributed by atoms with Crippen LogP contribution < -0.4 is 0 Å². The highest BCUT2D eigenvalue weighted by Crippen LogP contribution is 2.50. The molecule has 310 valence electrons. The highest BCUT2D eigenvalue weighted by molar-refractivity contribution is 7.25. The quantitative estimate of drug-likeness (QED) is 0.172. The number of hydrogen-bond acceptors (Lipinski definition) is 6. The van der Waals surface area contributed by atoms with Gasteiger partial charge >= 0.3 is 0 Å². The van der Waals surface area contributed by atoms with Gasteiger partial charge in [-0.1, -0.05) is 153 Å². The summed E-state index contributed by atoms with van der Waals surface area (Å²) in [4.78, 5) is 15.7. The Morgan fingerprint density at radius 3 is 1.88 bits per heavy atom. The third kappa shape index (κ3) is 5.49. The van der Waals surface area contributed by atoms with Gasteiger partial charge in [0.2, 0.25) is 0 Å². The maximum atomic E-state index is 6.69. The topological polar surface area (TPSA) is 65.0 Å². The van der Waals surface area contributed by atoms with Crippen LogP contribution in [-0.4, -0.2) is 15.0 Å². The molecular weight excluding hydrogens is 827 g/mol. The van der Waals surface area contributed by atoms with E-state index in [0.29, 0.717) is 17.5 Å². The Labute approximate surface area is 383 Å². The number of furan rings is 2. The van der Waals surface area contributed by atoms with Gasteiger partial charge in [0, 0.05) is 69.4 Å². The van der Waals surface area contributed by atoms with Crippen molar-refractivity contribution < 1.29 is 8.83 Å². The molecule has 1 aliphatic carbocycles. The molecule has 6 heteroatoms. The minimum absolute atomic E-state index is 0.169. The largest absolute Gasteiger partial charge is 0.456 e. The lowest BCUT2D eigenvalue weighted by atomic mass is 9.82. The average molecular weight is 864 g/mol. The molecule has 5 nitrogen and oxygen atoms in total. The molecule has 0 aliphatic heterocycles. The maximum absolute atomic E-state index is 6.69.